The molecule has 3 N–H and O–H groups in total. The summed E-state index contributed by atoms with van der Waals surface area (Å²) in [5, 5.41) is 6.53. The van der Waals surface area contributed by atoms with Crippen molar-refractivity contribution in [2.24, 2.45) is 0 Å². The highest BCUT2D eigenvalue weighted by atomic mass is 16.2. The Morgan fingerprint density at radius 2 is 1.76 bits per heavy atom. The van der Waals surface area contributed by atoms with E-state index in [1.54, 1.807) is 0 Å². The van der Waals surface area contributed by atoms with Gasteiger partial charge in [-0.25, -0.2) is 4.79 Å². The molecule has 0 fully saturated rings. The Morgan fingerprint density at radius 3 is 2.52 bits per heavy atom. The van der Waals surface area contributed by atoms with Crippen LogP contribution in [0.3, 0.4) is 0 Å². The normalized spacial score (nSPS) is 10.6. The number of benzene rings is 2. The molecule has 0 saturated carbocycles. The van der Waals surface area contributed by atoms with Crippen LogP contribution in [0.15, 0.2) is 53.3 Å². The van der Waals surface area contributed by atoms with E-state index < -0.39 is 0 Å². The molecule has 5 nitrogen and oxygen atoms in total. The first-order valence-electron chi connectivity index (χ1n) is 8.26. The van der Waals surface area contributed by atoms with E-state index in [0.717, 1.165) is 22.2 Å². The number of nitrogens with one attached hydrogen (secondary N) is 3. The standard InChI is InChI=1S/C20H21N3O2/c1-13-10-16-12-15(19(24)23-18(16)11-14(13)2)8-9-21-20(25)22-17-6-4-3-5-7-17/h3-7,10-12H,8-9H2,1-2H3,(H,23,24)(H2,21,22,25). The maximum absolute atomic E-state index is 12.2. The third kappa shape index (κ3) is 4.07. The minimum absolute atomic E-state index is 0.110. The molecule has 2 amide bonds. The molecule has 0 bridgehead atoms. The van der Waals surface area contributed by atoms with Crippen LogP contribution >= 0.6 is 0 Å². The lowest BCUT2D eigenvalue weighted by molar-refractivity contribution is 0.252. The summed E-state index contributed by atoms with van der Waals surface area (Å²) in [6, 6.07) is 14.9. The fourth-order valence-corrected chi connectivity index (χ4v) is 2.72. The van der Waals surface area contributed by atoms with Crippen LogP contribution in [0.1, 0.15) is 16.7 Å². The van der Waals surface area contributed by atoms with Gasteiger partial charge in [-0.2, -0.15) is 0 Å². The summed E-state index contributed by atoms with van der Waals surface area (Å²) in [4.78, 5) is 27.0. The third-order valence-corrected chi connectivity index (χ3v) is 4.25. The van der Waals surface area contributed by atoms with Crippen molar-refractivity contribution in [3.05, 3.63) is 75.6 Å². The van der Waals surface area contributed by atoms with Crippen LogP contribution in [0.2, 0.25) is 0 Å². The van der Waals surface area contributed by atoms with Crippen LogP contribution in [0, 0.1) is 13.8 Å². The monoisotopic (exact) mass is 335 g/mol. The number of fused-ring (bicyclic) bond motifs is 1. The SMILES string of the molecule is Cc1cc2cc(CCNC(=O)Nc3ccccc3)c(=O)[nH]c2cc1C. The summed E-state index contributed by atoms with van der Waals surface area (Å²) in [6.45, 7) is 4.46. The van der Waals surface area contributed by atoms with Gasteiger partial charge in [0.15, 0.2) is 0 Å². The zero-order chi connectivity index (χ0) is 17.8. The summed E-state index contributed by atoms with van der Waals surface area (Å²) in [7, 11) is 0. The van der Waals surface area contributed by atoms with Gasteiger partial charge < -0.3 is 15.6 Å². The molecule has 0 spiro atoms. The van der Waals surface area contributed by atoms with Gasteiger partial charge in [-0.15, -0.1) is 0 Å². The van der Waals surface area contributed by atoms with Crippen LogP contribution in [0.4, 0.5) is 10.5 Å². The first kappa shape index (κ1) is 16.8. The zero-order valence-corrected chi connectivity index (χ0v) is 14.3. The van der Waals surface area contributed by atoms with Gasteiger partial charge in [0.25, 0.3) is 5.56 Å². The summed E-state index contributed by atoms with van der Waals surface area (Å²) < 4.78 is 0. The van der Waals surface area contributed by atoms with Gasteiger partial charge in [-0.05, 0) is 67.1 Å². The van der Waals surface area contributed by atoms with Gasteiger partial charge in [0, 0.05) is 23.3 Å². The van der Waals surface area contributed by atoms with E-state index in [0.29, 0.717) is 18.5 Å². The minimum atomic E-state index is -0.283. The highest BCUT2D eigenvalue weighted by Crippen LogP contribution is 2.17. The molecule has 2 aromatic carbocycles. The minimum Gasteiger partial charge on any atom is -0.338 e. The van der Waals surface area contributed by atoms with Crippen molar-refractivity contribution in [1.29, 1.82) is 0 Å². The van der Waals surface area contributed by atoms with Crippen LogP contribution in [-0.4, -0.2) is 17.6 Å². The van der Waals surface area contributed by atoms with Crippen LogP contribution in [0.5, 0.6) is 0 Å². The van der Waals surface area contributed by atoms with Gasteiger partial charge in [-0.3, -0.25) is 4.79 Å². The summed E-state index contributed by atoms with van der Waals surface area (Å²) in [5.74, 6) is 0. The lowest BCUT2D eigenvalue weighted by atomic mass is 10.0. The molecule has 0 atom stereocenters. The summed E-state index contributed by atoms with van der Waals surface area (Å²) >= 11 is 0. The largest absolute Gasteiger partial charge is 0.338 e. The molecule has 0 saturated heterocycles. The quantitative estimate of drug-likeness (QED) is 0.682. The molecular weight excluding hydrogens is 314 g/mol. The third-order valence-electron chi connectivity index (χ3n) is 4.25. The smallest absolute Gasteiger partial charge is 0.319 e. The average Bonchev–Trinajstić information content (AvgIpc) is 2.58. The van der Waals surface area contributed by atoms with E-state index in [1.165, 1.54) is 5.56 Å². The topological polar surface area (TPSA) is 74.0 Å². The molecule has 0 aliphatic rings. The van der Waals surface area contributed by atoms with Crippen molar-refractivity contribution >= 4 is 22.6 Å². The van der Waals surface area contributed by atoms with Gasteiger partial charge in [0.1, 0.15) is 0 Å². The maximum Gasteiger partial charge on any atom is 0.319 e. The molecular formula is C20H21N3O2. The molecule has 0 radical (unpaired) electrons. The van der Waals surface area contributed by atoms with E-state index in [-0.39, 0.29) is 11.6 Å². The Labute approximate surface area is 146 Å². The lowest BCUT2D eigenvalue weighted by Crippen LogP contribution is -2.31. The molecule has 0 unspecified atom stereocenters. The first-order valence-corrected chi connectivity index (χ1v) is 8.26. The number of aromatic nitrogens is 1. The van der Waals surface area contributed by atoms with Crippen molar-refractivity contribution in [3.8, 4) is 0 Å². The lowest BCUT2D eigenvalue weighted by Gasteiger charge is -2.09. The van der Waals surface area contributed by atoms with E-state index in [4.69, 9.17) is 0 Å². The predicted molar refractivity (Wildman–Crippen MR) is 101 cm³/mol. The van der Waals surface area contributed by atoms with Gasteiger partial charge in [0.2, 0.25) is 0 Å². The second-order valence-corrected chi connectivity index (χ2v) is 6.14. The summed E-state index contributed by atoms with van der Waals surface area (Å²) in [6.07, 6.45) is 0.473. The first-order chi connectivity index (χ1) is 12.0. The molecule has 3 rings (SSSR count). The number of para-hydroxylation sites is 1. The Bertz CT molecular complexity index is 962. The van der Waals surface area contributed by atoms with Gasteiger partial charge >= 0.3 is 6.03 Å². The number of pyridine rings is 1. The number of hydrogen-bond acceptors (Lipinski definition) is 2. The number of anilines is 1. The number of urea groups is 1. The molecule has 3 aromatic rings. The number of carbonyl (C=O) groups excluding carboxylic acids is 1. The number of aromatic amines is 1. The fourth-order valence-electron chi connectivity index (χ4n) is 2.72. The van der Waals surface area contributed by atoms with Gasteiger partial charge in [-0.1, -0.05) is 18.2 Å². The highest BCUT2D eigenvalue weighted by molar-refractivity contribution is 5.89. The van der Waals surface area contributed by atoms with Crippen LogP contribution < -0.4 is 16.2 Å². The van der Waals surface area contributed by atoms with E-state index >= 15 is 0 Å². The number of amides is 2. The molecule has 0 aliphatic carbocycles. The highest BCUT2D eigenvalue weighted by Gasteiger charge is 2.06. The molecule has 25 heavy (non-hydrogen) atoms. The molecule has 5 heteroatoms. The maximum atomic E-state index is 12.2. The van der Waals surface area contributed by atoms with Gasteiger partial charge in [0.05, 0.1) is 0 Å². The van der Waals surface area contributed by atoms with Crippen molar-refractivity contribution < 1.29 is 4.79 Å². The Hall–Kier alpha value is -3.08. The van der Waals surface area contributed by atoms with E-state index in [2.05, 4.69) is 28.6 Å². The van der Waals surface area contributed by atoms with Crippen molar-refractivity contribution in [1.82, 2.24) is 10.3 Å². The van der Waals surface area contributed by atoms with Crippen molar-refractivity contribution in [2.45, 2.75) is 20.3 Å². The Kier molecular flexibility index (Phi) is 4.84. The van der Waals surface area contributed by atoms with Crippen molar-refractivity contribution in [2.75, 3.05) is 11.9 Å². The Morgan fingerprint density at radius 1 is 1.04 bits per heavy atom. The second-order valence-electron chi connectivity index (χ2n) is 6.14. The van der Waals surface area contributed by atoms with Crippen molar-refractivity contribution in [3.63, 3.8) is 0 Å². The fraction of sp³-hybridized carbons (Fsp3) is 0.200. The summed E-state index contributed by atoms with van der Waals surface area (Å²) in [5.41, 5.74) is 4.46. The molecule has 128 valence electrons. The van der Waals surface area contributed by atoms with Crippen LogP contribution in [-0.2, 0) is 6.42 Å². The number of carbonyl (C=O) groups is 1. The van der Waals surface area contributed by atoms with E-state index in [9.17, 15) is 9.59 Å². The van der Waals surface area contributed by atoms with E-state index in [1.807, 2.05) is 49.4 Å². The molecule has 0 aliphatic heterocycles. The molecule has 1 aromatic heterocycles. The Balaban J connectivity index is 1.65. The number of H-pyrrole nitrogens is 1. The number of hydrogen-bond donors (Lipinski definition) is 3. The predicted octanol–water partition coefficient (Wildman–Crippen LogP) is 3.51. The second kappa shape index (κ2) is 7.21. The number of rotatable bonds is 4. The number of aryl methyl sites for hydroxylation is 2. The average molecular weight is 335 g/mol. The molecule has 1 heterocycles. The zero-order valence-electron chi connectivity index (χ0n) is 14.3. The van der Waals surface area contributed by atoms with Crippen LogP contribution in [0.25, 0.3) is 10.9 Å².